The van der Waals surface area contributed by atoms with Crippen LogP contribution >= 0.6 is 0 Å². The summed E-state index contributed by atoms with van der Waals surface area (Å²) in [6.45, 7) is 4.62. The molecule has 3 aliphatic rings. The molecule has 0 spiro atoms. The van der Waals surface area contributed by atoms with Gasteiger partial charge in [0.25, 0.3) is 0 Å². The van der Waals surface area contributed by atoms with E-state index in [1.165, 1.54) is 44.9 Å². The Labute approximate surface area is 142 Å². The Balaban J connectivity index is 1.45. The van der Waals surface area contributed by atoms with Crippen LogP contribution in [0, 0.1) is 23.7 Å². The van der Waals surface area contributed by atoms with Gasteiger partial charge in [0, 0.05) is 11.8 Å². The lowest BCUT2D eigenvalue weighted by atomic mass is 9.69. The quantitative estimate of drug-likeness (QED) is 0.680. The molecule has 0 aromatic heterocycles. The second-order valence-corrected chi connectivity index (χ2v) is 8.77. The highest BCUT2D eigenvalue weighted by molar-refractivity contribution is 5.83. The van der Waals surface area contributed by atoms with E-state index in [0.717, 1.165) is 38.0 Å². The second kappa shape index (κ2) is 8.14. The van der Waals surface area contributed by atoms with E-state index in [1.807, 2.05) is 0 Å². The van der Waals surface area contributed by atoms with Crippen molar-refractivity contribution in [2.24, 2.45) is 23.7 Å². The molecule has 0 saturated heterocycles. The van der Waals surface area contributed by atoms with E-state index in [9.17, 15) is 4.79 Å². The first kappa shape index (κ1) is 17.5. The Morgan fingerprint density at radius 2 is 1.43 bits per heavy atom. The lowest BCUT2D eigenvalue weighted by Crippen LogP contribution is -2.36. The zero-order valence-corrected chi connectivity index (χ0v) is 15.3. The van der Waals surface area contributed by atoms with Crippen molar-refractivity contribution in [1.29, 1.82) is 0 Å². The van der Waals surface area contributed by atoms with Gasteiger partial charge in [0.2, 0.25) is 0 Å². The van der Waals surface area contributed by atoms with Crippen molar-refractivity contribution in [3.8, 4) is 0 Å². The third-order valence-electron chi connectivity index (χ3n) is 6.84. The highest BCUT2D eigenvalue weighted by atomic mass is 16.5. The first-order valence-corrected chi connectivity index (χ1v) is 10.3. The Morgan fingerprint density at radius 3 is 2.13 bits per heavy atom. The molecule has 3 aliphatic carbocycles. The zero-order valence-electron chi connectivity index (χ0n) is 15.3. The number of rotatable bonds is 4. The van der Waals surface area contributed by atoms with Crippen LogP contribution in [-0.2, 0) is 9.53 Å². The molecule has 23 heavy (non-hydrogen) atoms. The Hall–Kier alpha value is -0.370. The van der Waals surface area contributed by atoms with Crippen LogP contribution in [-0.4, -0.2) is 18.0 Å². The van der Waals surface area contributed by atoms with Gasteiger partial charge in [-0.15, -0.1) is 0 Å². The number of hydrogen-bond acceptors (Lipinski definition) is 2. The van der Waals surface area contributed by atoms with E-state index in [4.69, 9.17) is 4.74 Å². The molecule has 0 bridgehead atoms. The molecule has 0 aliphatic heterocycles. The van der Waals surface area contributed by atoms with Crippen LogP contribution < -0.4 is 0 Å². The van der Waals surface area contributed by atoms with E-state index >= 15 is 0 Å². The van der Waals surface area contributed by atoms with Gasteiger partial charge in [-0.3, -0.25) is 4.79 Å². The second-order valence-electron chi connectivity index (χ2n) is 8.77. The molecular formula is C21H36O2. The van der Waals surface area contributed by atoms with Crippen LogP contribution in [0.2, 0.25) is 0 Å². The number of carbonyl (C=O) groups excluding carboxylic acids is 1. The SMILES string of the molecule is CC1CCC(C)C(C(=O)C2CCC(OC3CCCCC3)CC2)C1. The summed E-state index contributed by atoms with van der Waals surface area (Å²) in [5.74, 6) is 2.62. The lowest BCUT2D eigenvalue weighted by Gasteiger charge is -2.37. The van der Waals surface area contributed by atoms with E-state index in [2.05, 4.69) is 13.8 Å². The fourth-order valence-corrected chi connectivity index (χ4v) is 5.19. The van der Waals surface area contributed by atoms with Crippen LogP contribution in [0.15, 0.2) is 0 Å². The maximum Gasteiger partial charge on any atom is 0.139 e. The fraction of sp³-hybridized carbons (Fsp3) is 0.952. The maximum atomic E-state index is 13.0. The normalized spacial score (nSPS) is 40.0. The summed E-state index contributed by atoms with van der Waals surface area (Å²) in [5, 5.41) is 0. The van der Waals surface area contributed by atoms with E-state index in [0.29, 0.717) is 35.7 Å². The van der Waals surface area contributed by atoms with Gasteiger partial charge in [0.15, 0.2) is 0 Å². The molecule has 0 aromatic rings. The molecule has 3 unspecified atom stereocenters. The van der Waals surface area contributed by atoms with Crippen LogP contribution in [0.3, 0.4) is 0 Å². The van der Waals surface area contributed by atoms with Crippen molar-refractivity contribution in [2.45, 2.75) is 103 Å². The Morgan fingerprint density at radius 1 is 0.783 bits per heavy atom. The minimum Gasteiger partial charge on any atom is -0.375 e. The number of ketones is 1. The van der Waals surface area contributed by atoms with Gasteiger partial charge in [0.1, 0.15) is 5.78 Å². The van der Waals surface area contributed by atoms with Crippen LogP contribution in [0.5, 0.6) is 0 Å². The summed E-state index contributed by atoms with van der Waals surface area (Å²) in [6.07, 6.45) is 15.6. The summed E-state index contributed by atoms with van der Waals surface area (Å²) in [7, 11) is 0. The largest absolute Gasteiger partial charge is 0.375 e. The third kappa shape index (κ3) is 4.59. The van der Waals surface area contributed by atoms with Gasteiger partial charge in [0.05, 0.1) is 12.2 Å². The molecule has 3 rings (SSSR count). The minimum atomic E-state index is 0.332. The fourth-order valence-electron chi connectivity index (χ4n) is 5.19. The van der Waals surface area contributed by atoms with Gasteiger partial charge in [-0.05, 0) is 63.2 Å². The van der Waals surface area contributed by atoms with Gasteiger partial charge < -0.3 is 4.74 Å². The number of hydrogen-bond donors (Lipinski definition) is 0. The molecule has 3 fully saturated rings. The summed E-state index contributed by atoms with van der Waals surface area (Å²) >= 11 is 0. The predicted octanol–water partition coefficient (Wildman–Crippen LogP) is 5.54. The van der Waals surface area contributed by atoms with E-state index < -0.39 is 0 Å². The summed E-state index contributed by atoms with van der Waals surface area (Å²) in [6, 6.07) is 0. The summed E-state index contributed by atoms with van der Waals surface area (Å²) in [4.78, 5) is 13.0. The topological polar surface area (TPSA) is 26.3 Å². The molecule has 2 heteroatoms. The standard InChI is InChI=1S/C21H36O2/c1-15-8-9-16(2)20(14-15)21(22)17-10-12-19(13-11-17)23-18-6-4-3-5-7-18/h15-20H,3-14H2,1-2H3. The zero-order chi connectivity index (χ0) is 16.2. The molecule has 0 aromatic carbocycles. The van der Waals surface area contributed by atoms with Crippen LogP contribution in [0.4, 0.5) is 0 Å². The summed E-state index contributed by atoms with van der Waals surface area (Å²) < 4.78 is 6.33. The highest BCUT2D eigenvalue weighted by Crippen LogP contribution is 2.39. The van der Waals surface area contributed by atoms with Gasteiger partial charge >= 0.3 is 0 Å². The molecule has 0 radical (unpaired) electrons. The van der Waals surface area contributed by atoms with E-state index in [1.54, 1.807) is 0 Å². The number of ether oxygens (including phenoxy) is 1. The van der Waals surface area contributed by atoms with Crippen molar-refractivity contribution >= 4 is 5.78 Å². The van der Waals surface area contributed by atoms with Crippen molar-refractivity contribution < 1.29 is 9.53 Å². The van der Waals surface area contributed by atoms with Crippen molar-refractivity contribution in [3.05, 3.63) is 0 Å². The molecule has 132 valence electrons. The predicted molar refractivity (Wildman–Crippen MR) is 94.4 cm³/mol. The first-order valence-electron chi connectivity index (χ1n) is 10.3. The molecule has 0 amide bonds. The van der Waals surface area contributed by atoms with Gasteiger partial charge in [-0.25, -0.2) is 0 Å². The average molecular weight is 321 g/mol. The first-order chi connectivity index (χ1) is 11.1. The Bertz CT molecular complexity index is 377. The average Bonchev–Trinajstić information content (AvgIpc) is 2.58. The van der Waals surface area contributed by atoms with Crippen molar-refractivity contribution in [1.82, 2.24) is 0 Å². The molecule has 3 atom stereocenters. The monoisotopic (exact) mass is 320 g/mol. The third-order valence-corrected chi connectivity index (χ3v) is 6.84. The Kier molecular flexibility index (Phi) is 6.18. The molecular weight excluding hydrogens is 284 g/mol. The van der Waals surface area contributed by atoms with Crippen molar-refractivity contribution in [2.75, 3.05) is 0 Å². The number of Topliss-reactive ketones (excluding diaryl/α,β-unsaturated/α-hetero) is 1. The smallest absolute Gasteiger partial charge is 0.139 e. The minimum absolute atomic E-state index is 0.332. The van der Waals surface area contributed by atoms with Crippen LogP contribution in [0.25, 0.3) is 0 Å². The lowest BCUT2D eigenvalue weighted by molar-refractivity contribution is -0.132. The molecule has 0 N–H and O–H groups in total. The number of carbonyl (C=O) groups is 1. The van der Waals surface area contributed by atoms with E-state index in [-0.39, 0.29) is 0 Å². The van der Waals surface area contributed by atoms with Gasteiger partial charge in [-0.1, -0.05) is 39.5 Å². The molecule has 2 nitrogen and oxygen atoms in total. The molecule has 3 saturated carbocycles. The maximum absolute atomic E-state index is 13.0. The highest BCUT2D eigenvalue weighted by Gasteiger charge is 2.36. The van der Waals surface area contributed by atoms with Crippen LogP contribution in [0.1, 0.15) is 90.9 Å². The summed E-state index contributed by atoms with van der Waals surface area (Å²) in [5.41, 5.74) is 0. The molecule has 0 heterocycles. The van der Waals surface area contributed by atoms with Gasteiger partial charge in [-0.2, -0.15) is 0 Å². The van der Waals surface area contributed by atoms with Crippen molar-refractivity contribution in [3.63, 3.8) is 0 Å².